The largest absolute Gasteiger partial charge is 0.492 e. The molecule has 0 saturated heterocycles. The van der Waals surface area contributed by atoms with E-state index >= 15 is 0 Å². The van der Waals surface area contributed by atoms with Crippen molar-refractivity contribution in [1.82, 2.24) is 15.1 Å². The molecular weight excluding hydrogens is 316 g/mol. The van der Waals surface area contributed by atoms with E-state index in [1.165, 1.54) is 4.90 Å². The van der Waals surface area contributed by atoms with Gasteiger partial charge in [0.2, 0.25) is 5.91 Å². The van der Waals surface area contributed by atoms with E-state index in [0.717, 1.165) is 12.3 Å². The number of carbonyl (C=O) groups excluding carboxylic acids is 1. The number of halogens is 1. The fraction of sp³-hybridized carbons (Fsp3) is 0.500. The minimum atomic E-state index is -0.0380. The molecule has 1 N–H and O–H groups in total. The van der Waals surface area contributed by atoms with Crippen LogP contribution in [0.15, 0.2) is 29.3 Å². The van der Waals surface area contributed by atoms with Gasteiger partial charge in [0, 0.05) is 32.7 Å². The maximum absolute atomic E-state index is 11.6. The first-order valence-corrected chi connectivity index (χ1v) is 7.89. The van der Waals surface area contributed by atoms with Crippen LogP contribution in [0.5, 0.6) is 5.75 Å². The number of ether oxygens (including phenoxy) is 1. The number of amides is 1. The molecule has 128 valence electrons. The fourth-order valence-electron chi connectivity index (χ4n) is 1.72. The molecule has 23 heavy (non-hydrogen) atoms. The Kier molecular flexibility index (Phi) is 8.26. The molecule has 0 radical (unpaired) electrons. The molecule has 0 atom stereocenters. The van der Waals surface area contributed by atoms with Crippen molar-refractivity contribution in [2.45, 2.75) is 6.92 Å². The summed E-state index contributed by atoms with van der Waals surface area (Å²) in [5, 5.41) is 3.81. The molecule has 1 aromatic carbocycles. The third kappa shape index (κ3) is 7.23. The first-order valence-electron chi connectivity index (χ1n) is 7.52. The number of nitrogens with zero attached hydrogens (tertiary/aromatic N) is 3. The maximum Gasteiger partial charge on any atom is 0.243 e. The summed E-state index contributed by atoms with van der Waals surface area (Å²) in [4.78, 5) is 19.4. The third-order valence-electron chi connectivity index (χ3n) is 3.05. The van der Waals surface area contributed by atoms with E-state index in [2.05, 4.69) is 10.3 Å². The highest BCUT2D eigenvalue weighted by Gasteiger charge is 2.08. The number of hydrogen-bond donors (Lipinski definition) is 1. The maximum atomic E-state index is 11.6. The molecule has 1 amide bonds. The summed E-state index contributed by atoms with van der Waals surface area (Å²) in [6.07, 6.45) is 0. The van der Waals surface area contributed by atoms with Gasteiger partial charge < -0.3 is 19.9 Å². The van der Waals surface area contributed by atoms with E-state index in [0.29, 0.717) is 24.1 Å². The molecule has 0 bridgehead atoms. The van der Waals surface area contributed by atoms with Crippen LogP contribution in [0.1, 0.15) is 6.92 Å². The molecule has 1 rings (SSSR count). The summed E-state index contributed by atoms with van der Waals surface area (Å²) in [5.74, 6) is 1.37. The van der Waals surface area contributed by atoms with E-state index in [1.54, 1.807) is 26.2 Å². The molecular formula is C16H25ClN4O2. The SMILES string of the molecule is CCNC(=NCC(=O)N(C)C)N(C)CCOc1cccc(Cl)c1. The lowest BCUT2D eigenvalue weighted by Crippen LogP contribution is -2.41. The highest BCUT2D eigenvalue weighted by atomic mass is 35.5. The van der Waals surface area contributed by atoms with Crippen LogP contribution < -0.4 is 10.1 Å². The second-order valence-electron chi connectivity index (χ2n) is 5.19. The minimum absolute atomic E-state index is 0.0380. The van der Waals surface area contributed by atoms with Crippen molar-refractivity contribution in [2.75, 3.05) is 47.4 Å². The standard InChI is InChI=1S/C16H25ClN4O2/c1-5-18-16(19-12-15(22)20(2)3)21(4)9-10-23-14-8-6-7-13(17)11-14/h6-8,11H,5,9-10,12H2,1-4H3,(H,18,19). The van der Waals surface area contributed by atoms with Gasteiger partial charge in [0.05, 0.1) is 6.54 Å². The fourth-order valence-corrected chi connectivity index (χ4v) is 1.90. The Morgan fingerprint density at radius 1 is 1.35 bits per heavy atom. The molecule has 0 fully saturated rings. The molecule has 7 heteroatoms. The van der Waals surface area contributed by atoms with E-state index in [9.17, 15) is 4.79 Å². The van der Waals surface area contributed by atoms with Crippen LogP contribution in [-0.4, -0.2) is 69.1 Å². The highest BCUT2D eigenvalue weighted by molar-refractivity contribution is 6.30. The Morgan fingerprint density at radius 2 is 2.09 bits per heavy atom. The topological polar surface area (TPSA) is 57.2 Å². The predicted octanol–water partition coefficient (Wildman–Crippen LogP) is 1.70. The van der Waals surface area contributed by atoms with Crippen molar-refractivity contribution < 1.29 is 9.53 Å². The number of guanidine groups is 1. The van der Waals surface area contributed by atoms with Crippen LogP contribution in [0, 0.1) is 0 Å². The second-order valence-corrected chi connectivity index (χ2v) is 5.62. The number of likely N-dealkylation sites (N-methyl/N-ethyl adjacent to an activating group) is 2. The average molecular weight is 341 g/mol. The Labute approximate surface area is 143 Å². The van der Waals surface area contributed by atoms with Crippen LogP contribution >= 0.6 is 11.6 Å². The van der Waals surface area contributed by atoms with Gasteiger partial charge in [0.25, 0.3) is 0 Å². The summed E-state index contributed by atoms with van der Waals surface area (Å²) in [7, 11) is 5.34. The van der Waals surface area contributed by atoms with Crippen molar-refractivity contribution in [1.29, 1.82) is 0 Å². The summed E-state index contributed by atoms with van der Waals surface area (Å²) in [5.41, 5.74) is 0. The zero-order valence-corrected chi connectivity index (χ0v) is 14.9. The Balaban J connectivity index is 2.52. The van der Waals surface area contributed by atoms with Crippen LogP contribution in [0.4, 0.5) is 0 Å². The number of benzene rings is 1. The zero-order valence-electron chi connectivity index (χ0n) is 14.2. The molecule has 6 nitrogen and oxygen atoms in total. The first kappa shape index (κ1) is 19.1. The number of hydrogen-bond acceptors (Lipinski definition) is 3. The van der Waals surface area contributed by atoms with Gasteiger partial charge in [-0.15, -0.1) is 0 Å². The third-order valence-corrected chi connectivity index (χ3v) is 3.29. The van der Waals surface area contributed by atoms with Crippen molar-refractivity contribution >= 4 is 23.5 Å². The molecule has 0 aromatic heterocycles. The highest BCUT2D eigenvalue weighted by Crippen LogP contribution is 2.16. The lowest BCUT2D eigenvalue weighted by molar-refractivity contribution is -0.127. The quantitative estimate of drug-likeness (QED) is 0.606. The Hall–Kier alpha value is -1.95. The number of aliphatic imine (C=N–C) groups is 1. The normalized spacial score (nSPS) is 11.1. The second kappa shape index (κ2) is 9.94. The van der Waals surface area contributed by atoms with Crippen molar-refractivity contribution in [2.24, 2.45) is 4.99 Å². The van der Waals surface area contributed by atoms with Crippen LogP contribution in [0.3, 0.4) is 0 Å². The van der Waals surface area contributed by atoms with Crippen LogP contribution in [0.25, 0.3) is 0 Å². The van der Waals surface area contributed by atoms with Gasteiger partial charge in [-0.05, 0) is 25.1 Å². The van der Waals surface area contributed by atoms with Gasteiger partial charge in [-0.3, -0.25) is 4.79 Å². The zero-order chi connectivity index (χ0) is 17.2. The summed E-state index contributed by atoms with van der Waals surface area (Å²) in [6, 6.07) is 7.29. The van der Waals surface area contributed by atoms with E-state index in [1.807, 2.05) is 31.0 Å². The van der Waals surface area contributed by atoms with Gasteiger partial charge in [-0.2, -0.15) is 0 Å². The number of carbonyl (C=O) groups is 1. The number of nitrogens with one attached hydrogen (secondary N) is 1. The molecule has 0 saturated carbocycles. The smallest absolute Gasteiger partial charge is 0.243 e. The molecule has 0 aliphatic rings. The van der Waals surface area contributed by atoms with E-state index < -0.39 is 0 Å². The van der Waals surface area contributed by atoms with Gasteiger partial charge in [0.15, 0.2) is 5.96 Å². The van der Waals surface area contributed by atoms with Crippen molar-refractivity contribution in [3.05, 3.63) is 29.3 Å². The average Bonchev–Trinajstić information content (AvgIpc) is 2.50. The minimum Gasteiger partial charge on any atom is -0.492 e. The Morgan fingerprint density at radius 3 is 2.70 bits per heavy atom. The van der Waals surface area contributed by atoms with Crippen LogP contribution in [-0.2, 0) is 4.79 Å². The molecule has 0 spiro atoms. The molecule has 0 aliphatic heterocycles. The van der Waals surface area contributed by atoms with E-state index in [-0.39, 0.29) is 12.5 Å². The Bertz CT molecular complexity index is 535. The molecule has 0 aliphatic carbocycles. The predicted molar refractivity (Wildman–Crippen MR) is 94.2 cm³/mol. The monoisotopic (exact) mass is 340 g/mol. The first-order chi connectivity index (χ1) is 10.9. The van der Waals surface area contributed by atoms with Crippen molar-refractivity contribution in [3.63, 3.8) is 0 Å². The van der Waals surface area contributed by atoms with Gasteiger partial charge in [0.1, 0.15) is 18.9 Å². The summed E-state index contributed by atoms with van der Waals surface area (Å²) < 4.78 is 5.67. The van der Waals surface area contributed by atoms with Crippen molar-refractivity contribution in [3.8, 4) is 5.75 Å². The summed E-state index contributed by atoms with van der Waals surface area (Å²) >= 11 is 5.92. The number of rotatable bonds is 7. The molecule has 1 aromatic rings. The summed E-state index contributed by atoms with van der Waals surface area (Å²) in [6.45, 7) is 3.96. The van der Waals surface area contributed by atoms with Gasteiger partial charge in [-0.1, -0.05) is 17.7 Å². The molecule has 0 unspecified atom stereocenters. The van der Waals surface area contributed by atoms with Gasteiger partial charge in [-0.25, -0.2) is 4.99 Å². The van der Waals surface area contributed by atoms with E-state index in [4.69, 9.17) is 16.3 Å². The van der Waals surface area contributed by atoms with Crippen LogP contribution in [0.2, 0.25) is 5.02 Å². The molecule has 0 heterocycles. The lowest BCUT2D eigenvalue weighted by atomic mass is 10.3. The van der Waals surface area contributed by atoms with Gasteiger partial charge >= 0.3 is 0 Å². The lowest BCUT2D eigenvalue weighted by Gasteiger charge is -2.22.